The number of amides is 1. The average Bonchev–Trinajstić information content (AvgIpc) is 2.75. The van der Waals surface area contributed by atoms with E-state index in [-0.39, 0.29) is 11.9 Å². The fraction of sp³-hybridized carbons (Fsp3) is 0.583. The van der Waals surface area contributed by atoms with Gasteiger partial charge in [-0.15, -0.1) is 11.3 Å². The first-order chi connectivity index (χ1) is 7.67. The van der Waals surface area contributed by atoms with Gasteiger partial charge in [0.15, 0.2) is 0 Å². The molecule has 4 heteroatoms. The van der Waals surface area contributed by atoms with Crippen LogP contribution in [0.2, 0.25) is 0 Å². The lowest BCUT2D eigenvalue weighted by Crippen LogP contribution is -2.34. The van der Waals surface area contributed by atoms with Gasteiger partial charge in [-0.1, -0.05) is 6.92 Å². The van der Waals surface area contributed by atoms with Crippen LogP contribution >= 0.6 is 11.3 Å². The number of likely N-dealkylation sites (N-methyl/N-ethyl adjacent to an activating group) is 1. The largest absolute Gasteiger partial charge is 0.355 e. The predicted octanol–water partition coefficient (Wildman–Crippen LogP) is 2.10. The highest BCUT2D eigenvalue weighted by Gasteiger charge is 2.09. The molecular weight excluding hydrogens is 220 g/mol. The molecule has 1 aromatic rings. The van der Waals surface area contributed by atoms with Crippen molar-refractivity contribution < 1.29 is 4.79 Å². The number of nitrogens with one attached hydrogen (secondary N) is 2. The fourth-order valence-electron chi connectivity index (χ4n) is 1.42. The minimum absolute atomic E-state index is 0.0571. The zero-order chi connectivity index (χ0) is 12.0. The van der Waals surface area contributed by atoms with Crippen molar-refractivity contribution in [1.29, 1.82) is 0 Å². The molecule has 1 unspecified atom stereocenters. The van der Waals surface area contributed by atoms with Crippen molar-refractivity contribution in [2.24, 2.45) is 0 Å². The molecule has 0 saturated heterocycles. The summed E-state index contributed by atoms with van der Waals surface area (Å²) >= 11 is 1.81. The van der Waals surface area contributed by atoms with Gasteiger partial charge >= 0.3 is 0 Å². The minimum atomic E-state index is 0.0571. The van der Waals surface area contributed by atoms with Gasteiger partial charge in [0.05, 0.1) is 6.54 Å². The van der Waals surface area contributed by atoms with Gasteiger partial charge in [-0.05, 0) is 32.4 Å². The summed E-state index contributed by atoms with van der Waals surface area (Å²) in [5.74, 6) is 0.0571. The minimum Gasteiger partial charge on any atom is -0.355 e. The van der Waals surface area contributed by atoms with Gasteiger partial charge in [0.1, 0.15) is 0 Å². The van der Waals surface area contributed by atoms with Crippen molar-refractivity contribution in [2.45, 2.75) is 33.2 Å². The van der Waals surface area contributed by atoms with Gasteiger partial charge < -0.3 is 10.6 Å². The summed E-state index contributed by atoms with van der Waals surface area (Å²) in [6.07, 6.45) is 1.08. The van der Waals surface area contributed by atoms with E-state index in [1.165, 1.54) is 9.75 Å². The van der Waals surface area contributed by atoms with Gasteiger partial charge in [-0.3, -0.25) is 4.79 Å². The molecule has 1 aromatic heterocycles. The molecule has 1 heterocycles. The Kier molecular flexibility index (Phi) is 5.49. The number of hydrogen-bond acceptors (Lipinski definition) is 3. The second-order valence-electron chi connectivity index (χ2n) is 3.71. The lowest BCUT2D eigenvalue weighted by atomic mass is 10.2. The zero-order valence-electron chi connectivity index (χ0n) is 10.2. The first kappa shape index (κ1) is 13.2. The number of thiophene rings is 1. The maximum absolute atomic E-state index is 11.3. The van der Waals surface area contributed by atoms with Crippen molar-refractivity contribution in [3.63, 3.8) is 0 Å². The van der Waals surface area contributed by atoms with E-state index in [1.807, 2.05) is 18.3 Å². The maximum atomic E-state index is 11.3. The molecule has 1 atom stereocenters. The van der Waals surface area contributed by atoms with E-state index in [4.69, 9.17) is 0 Å². The SMILES string of the molecule is CCNC(=O)CNC(C)c1ccc(CC)s1. The maximum Gasteiger partial charge on any atom is 0.233 e. The summed E-state index contributed by atoms with van der Waals surface area (Å²) in [6.45, 7) is 7.24. The standard InChI is InChI=1S/C12H20N2OS/c1-4-10-6-7-11(16-10)9(3)14-8-12(15)13-5-2/h6-7,9,14H,4-5,8H2,1-3H3,(H,13,15). The van der Waals surface area contributed by atoms with Crippen molar-refractivity contribution in [1.82, 2.24) is 10.6 Å². The number of carbonyl (C=O) groups excluding carboxylic acids is 1. The van der Waals surface area contributed by atoms with Crippen LogP contribution in [0.25, 0.3) is 0 Å². The van der Waals surface area contributed by atoms with Crippen LogP contribution in [0, 0.1) is 0 Å². The van der Waals surface area contributed by atoms with Gasteiger partial charge in [-0.25, -0.2) is 0 Å². The normalized spacial score (nSPS) is 12.4. The molecule has 0 spiro atoms. The van der Waals surface area contributed by atoms with E-state index >= 15 is 0 Å². The Bertz CT molecular complexity index is 336. The van der Waals surface area contributed by atoms with Gasteiger partial charge in [0.2, 0.25) is 5.91 Å². The number of rotatable bonds is 6. The Morgan fingerprint density at radius 2 is 2.19 bits per heavy atom. The van der Waals surface area contributed by atoms with Gasteiger partial charge in [0, 0.05) is 22.3 Å². The summed E-state index contributed by atoms with van der Waals surface area (Å²) in [5, 5.41) is 5.99. The molecule has 0 aliphatic carbocycles. The topological polar surface area (TPSA) is 41.1 Å². The molecule has 0 fully saturated rings. The highest BCUT2D eigenvalue weighted by molar-refractivity contribution is 7.12. The van der Waals surface area contributed by atoms with Crippen LogP contribution in [0.1, 0.15) is 36.6 Å². The summed E-state index contributed by atoms with van der Waals surface area (Å²) in [6, 6.07) is 4.54. The average molecular weight is 240 g/mol. The monoisotopic (exact) mass is 240 g/mol. The lowest BCUT2D eigenvalue weighted by Gasteiger charge is -2.11. The van der Waals surface area contributed by atoms with Crippen molar-refractivity contribution in [3.8, 4) is 0 Å². The Labute approximate surface area is 101 Å². The molecule has 0 aromatic carbocycles. The molecule has 3 nitrogen and oxygen atoms in total. The Hall–Kier alpha value is -0.870. The predicted molar refractivity (Wildman–Crippen MR) is 68.8 cm³/mol. The van der Waals surface area contributed by atoms with Crippen LogP contribution in [0.15, 0.2) is 12.1 Å². The van der Waals surface area contributed by atoms with Crippen molar-refractivity contribution in [3.05, 3.63) is 21.9 Å². The van der Waals surface area contributed by atoms with Crippen LogP contribution in [0.3, 0.4) is 0 Å². The molecule has 1 amide bonds. The first-order valence-corrected chi connectivity index (χ1v) is 6.57. The smallest absolute Gasteiger partial charge is 0.233 e. The third-order valence-electron chi connectivity index (χ3n) is 2.40. The molecule has 0 radical (unpaired) electrons. The number of aryl methyl sites for hydroxylation is 1. The Morgan fingerprint density at radius 1 is 1.44 bits per heavy atom. The van der Waals surface area contributed by atoms with E-state index < -0.39 is 0 Å². The van der Waals surface area contributed by atoms with Crippen molar-refractivity contribution >= 4 is 17.2 Å². The summed E-state index contributed by atoms with van der Waals surface area (Å²) in [7, 11) is 0. The number of carbonyl (C=O) groups is 1. The summed E-state index contributed by atoms with van der Waals surface area (Å²) in [5.41, 5.74) is 0. The second kappa shape index (κ2) is 6.66. The highest BCUT2D eigenvalue weighted by atomic mass is 32.1. The van der Waals surface area contributed by atoms with Gasteiger partial charge in [-0.2, -0.15) is 0 Å². The molecule has 90 valence electrons. The van der Waals surface area contributed by atoms with E-state index in [0.717, 1.165) is 6.42 Å². The third kappa shape index (κ3) is 3.94. The lowest BCUT2D eigenvalue weighted by molar-refractivity contribution is -0.120. The highest BCUT2D eigenvalue weighted by Crippen LogP contribution is 2.23. The number of hydrogen-bond donors (Lipinski definition) is 2. The van der Waals surface area contributed by atoms with Crippen LogP contribution in [-0.2, 0) is 11.2 Å². The quantitative estimate of drug-likeness (QED) is 0.799. The molecular formula is C12H20N2OS. The van der Waals surface area contributed by atoms with E-state index in [0.29, 0.717) is 13.1 Å². The summed E-state index contributed by atoms with van der Waals surface area (Å²) < 4.78 is 0. The second-order valence-corrected chi connectivity index (χ2v) is 4.91. The van der Waals surface area contributed by atoms with Gasteiger partial charge in [0.25, 0.3) is 0 Å². The Balaban J connectivity index is 2.40. The van der Waals surface area contributed by atoms with Crippen LogP contribution < -0.4 is 10.6 Å². The third-order valence-corrected chi connectivity index (χ3v) is 3.81. The van der Waals surface area contributed by atoms with Crippen molar-refractivity contribution in [2.75, 3.05) is 13.1 Å². The van der Waals surface area contributed by atoms with Crippen LogP contribution in [0.4, 0.5) is 0 Å². The molecule has 0 bridgehead atoms. The molecule has 0 saturated carbocycles. The molecule has 1 rings (SSSR count). The first-order valence-electron chi connectivity index (χ1n) is 5.76. The van der Waals surface area contributed by atoms with Crippen LogP contribution in [-0.4, -0.2) is 19.0 Å². The molecule has 16 heavy (non-hydrogen) atoms. The fourth-order valence-corrected chi connectivity index (χ4v) is 2.40. The zero-order valence-corrected chi connectivity index (χ0v) is 11.0. The van der Waals surface area contributed by atoms with E-state index in [9.17, 15) is 4.79 Å². The molecule has 2 N–H and O–H groups in total. The van der Waals surface area contributed by atoms with E-state index in [1.54, 1.807) is 0 Å². The van der Waals surface area contributed by atoms with Crippen LogP contribution in [0.5, 0.6) is 0 Å². The molecule has 0 aliphatic rings. The Morgan fingerprint density at radius 3 is 2.75 bits per heavy atom. The van der Waals surface area contributed by atoms with E-state index in [2.05, 4.69) is 36.6 Å². The molecule has 0 aliphatic heterocycles. The summed E-state index contributed by atoms with van der Waals surface area (Å²) in [4.78, 5) is 14.0.